The standard InChI is InChI=1S/C17H21ClFNO/c18-13-6-7-14(15(19)12-13)16(21)17(8-2-3-9-17)20-10-4-1-5-11-20/h6-7,12H,1-5,8-11H2. The molecule has 0 amide bonds. The number of Topliss-reactive ketones (excluding diaryl/α,β-unsaturated/α-hetero) is 1. The van der Waals surface area contributed by atoms with E-state index in [0.29, 0.717) is 5.02 Å². The molecule has 1 saturated heterocycles. The van der Waals surface area contributed by atoms with Gasteiger partial charge in [0.1, 0.15) is 5.82 Å². The summed E-state index contributed by atoms with van der Waals surface area (Å²) in [5.41, 5.74) is -0.276. The number of piperidine rings is 1. The molecule has 0 unspecified atom stereocenters. The predicted octanol–water partition coefficient (Wildman–Crippen LogP) is 4.46. The molecule has 0 aromatic heterocycles. The Labute approximate surface area is 130 Å². The van der Waals surface area contributed by atoms with Crippen molar-refractivity contribution in [2.75, 3.05) is 13.1 Å². The summed E-state index contributed by atoms with van der Waals surface area (Å²) in [7, 11) is 0. The Morgan fingerprint density at radius 2 is 1.76 bits per heavy atom. The lowest BCUT2D eigenvalue weighted by Gasteiger charge is -2.42. The van der Waals surface area contributed by atoms with E-state index in [9.17, 15) is 9.18 Å². The van der Waals surface area contributed by atoms with Gasteiger partial charge in [-0.15, -0.1) is 0 Å². The smallest absolute Gasteiger partial charge is 0.186 e. The maximum Gasteiger partial charge on any atom is 0.186 e. The van der Waals surface area contributed by atoms with Crippen molar-refractivity contribution in [3.8, 4) is 0 Å². The number of ketones is 1. The largest absolute Gasteiger partial charge is 0.292 e. The highest BCUT2D eigenvalue weighted by atomic mass is 35.5. The summed E-state index contributed by atoms with van der Waals surface area (Å²) in [4.78, 5) is 15.4. The molecule has 0 spiro atoms. The quantitative estimate of drug-likeness (QED) is 0.768. The lowest BCUT2D eigenvalue weighted by atomic mass is 9.84. The van der Waals surface area contributed by atoms with Crippen molar-refractivity contribution in [2.45, 2.75) is 50.5 Å². The SMILES string of the molecule is O=C(c1ccc(Cl)cc1F)C1(N2CCCCC2)CCCC1. The van der Waals surface area contributed by atoms with E-state index in [1.807, 2.05) is 0 Å². The molecule has 4 heteroatoms. The lowest BCUT2D eigenvalue weighted by Crippen LogP contribution is -2.54. The van der Waals surface area contributed by atoms with E-state index >= 15 is 0 Å². The molecule has 0 bridgehead atoms. The van der Waals surface area contributed by atoms with Gasteiger partial charge in [0.05, 0.1) is 11.1 Å². The van der Waals surface area contributed by atoms with E-state index in [1.165, 1.54) is 12.5 Å². The second-order valence-corrected chi connectivity index (χ2v) is 6.68. The van der Waals surface area contributed by atoms with Gasteiger partial charge in [-0.25, -0.2) is 4.39 Å². The summed E-state index contributed by atoms with van der Waals surface area (Å²) in [5.74, 6) is -0.535. The van der Waals surface area contributed by atoms with Crippen molar-refractivity contribution in [3.05, 3.63) is 34.6 Å². The van der Waals surface area contributed by atoms with Crippen molar-refractivity contribution in [1.82, 2.24) is 4.90 Å². The number of likely N-dealkylation sites (tertiary alicyclic amines) is 1. The van der Waals surface area contributed by atoms with Crippen LogP contribution in [0.4, 0.5) is 4.39 Å². The first-order valence-electron chi connectivity index (χ1n) is 7.88. The molecule has 1 saturated carbocycles. The fraction of sp³-hybridized carbons (Fsp3) is 0.588. The number of hydrogen-bond acceptors (Lipinski definition) is 2. The normalized spacial score (nSPS) is 22.4. The lowest BCUT2D eigenvalue weighted by molar-refractivity contribution is 0.0473. The van der Waals surface area contributed by atoms with Gasteiger partial charge in [-0.2, -0.15) is 0 Å². The van der Waals surface area contributed by atoms with Gasteiger partial charge in [-0.3, -0.25) is 9.69 Å². The molecule has 0 radical (unpaired) electrons. The van der Waals surface area contributed by atoms with Gasteiger partial charge in [0.15, 0.2) is 5.78 Å². The highest BCUT2D eigenvalue weighted by molar-refractivity contribution is 6.30. The third-order valence-electron chi connectivity index (χ3n) is 4.99. The number of nitrogens with zero attached hydrogens (tertiary/aromatic N) is 1. The van der Waals surface area contributed by atoms with E-state index in [2.05, 4.69) is 4.90 Å². The summed E-state index contributed by atoms with van der Waals surface area (Å²) in [6.45, 7) is 1.92. The second-order valence-electron chi connectivity index (χ2n) is 6.24. The monoisotopic (exact) mass is 309 g/mol. The molecule has 1 aliphatic carbocycles. The third-order valence-corrected chi connectivity index (χ3v) is 5.23. The average molecular weight is 310 g/mol. The molecular weight excluding hydrogens is 289 g/mol. The molecule has 114 valence electrons. The van der Waals surface area contributed by atoms with E-state index in [0.717, 1.165) is 51.6 Å². The topological polar surface area (TPSA) is 20.3 Å². The summed E-state index contributed by atoms with van der Waals surface area (Å²) in [6.07, 6.45) is 7.32. The minimum absolute atomic E-state index is 0.0453. The molecule has 1 aromatic rings. The van der Waals surface area contributed by atoms with Crippen molar-refractivity contribution >= 4 is 17.4 Å². The van der Waals surface area contributed by atoms with Crippen molar-refractivity contribution in [3.63, 3.8) is 0 Å². The zero-order valence-corrected chi connectivity index (χ0v) is 13.0. The summed E-state index contributed by atoms with van der Waals surface area (Å²) < 4.78 is 14.2. The molecule has 21 heavy (non-hydrogen) atoms. The fourth-order valence-electron chi connectivity index (χ4n) is 3.89. The number of carbonyl (C=O) groups excluding carboxylic acids is 1. The van der Waals surface area contributed by atoms with E-state index in [1.54, 1.807) is 12.1 Å². The highest BCUT2D eigenvalue weighted by Gasteiger charge is 2.46. The van der Waals surface area contributed by atoms with Crippen LogP contribution < -0.4 is 0 Å². The Balaban J connectivity index is 1.94. The first-order valence-corrected chi connectivity index (χ1v) is 8.26. The van der Waals surface area contributed by atoms with E-state index in [4.69, 9.17) is 11.6 Å². The number of carbonyl (C=O) groups is 1. The third kappa shape index (κ3) is 2.74. The van der Waals surface area contributed by atoms with Crippen molar-refractivity contribution in [1.29, 1.82) is 0 Å². The van der Waals surface area contributed by atoms with Gasteiger partial charge in [-0.05, 0) is 57.0 Å². The molecule has 2 aliphatic rings. The molecule has 1 aromatic carbocycles. The van der Waals surface area contributed by atoms with Crippen molar-refractivity contribution < 1.29 is 9.18 Å². The van der Waals surface area contributed by atoms with Crippen LogP contribution in [0.1, 0.15) is 55.3 Å². The Hall–Kier alpha value is -0.930. The van der Waals surface area contributed by atoms with Crippen LogP contribution in [0.25, 0.3) is 0 Å². The van der Waals surface area contributed by atoms with Gasteiger partial charge in [-0.1, -0.05) is 30.9 Å². The van der Waals surface area contributed by atoms with Gasteiger partial charge in [0.25, 0.3) is 0 Å². The Bertz CT molecular complexity index is 534. The zero-order valence-electron chi connectivity index (χ0n) is 12.2. The van der Waals surface area contributed by atoms with Crippen LogP contribution in [0, 0.1) is 5.82 Å². The Morgan fingerprint density at radius 1 is 1.10 bits per heavy atom. The number of rotatable bonds is 3. The second kappa shape index (κ2) is 6.05. The predicted molar refractivity (Wildman–Crippen MR) is 82.4 cm³/mol. The van der Waals surface area contributed by atoms with Gasteiger partial charge in [0, 0.05) is 5.02 Å². The van der Waals surface area contributed by atoms with E-state index < -0.39 is 11.4 Å². The first-order chi connectivity index (χ1) is 10.1. The number of benzene rings is 1. The maximum atomic E-state index is 14.2. The average Bonchev–Trinajstić information content (AvgIpc) is 2.98. The molecule has 3 rings (SSSR count). The molecule has 2 nitrogen and oxygen atoms in total. The van der Waals surface area contributed by atoms with Crippen LogP contribution in [-0.4, -0.2) is 29.3 Å². The van der Waals surface area contributed by atoms with Crippen molar-refractivity contribution in [2.24, 2.45) is 0 Å². The summed E-state index contributed by atoms with van der Waals surface area (Å²) >= 11 is 5.80. The molecule has 1 heterocycles. The molecule has 0 atom stereocenters. The van der Waals surface area contributed by atoms with Crippen LogP contribution in [0.5, 0.6) is 0 Å². The van der Waals surface area contributed by atoms with Gasteiger partial charge < -0.3 is 0 Å². The Morgan fingerprint density at radius 3 is 2.38 bits per heavy atom. The van der Waals surface area contributed by atoms with Crippen LogP contribution in [0.3, 0.4) is 0 Å². The first kappa shape index (κ1) is 15.0. The number of hydrogen-bond donors (Lipinski definition) is 0. The molecule has 0 N–H and O–H groups in total. The molecule has 2 fully saturated rings. The Kier molecular flexibility index (Phi) is 4.32. The zero-order chi connectivity index (χ0) is 14.9. The minimum Gasteiger partial charge on any atom is -0.292 e. The van der Waals surface area contributed by atoms with Gasteiger partial charge in [0.2, 0.25) is 0 Å². The highest BCUT2D eigenvalue weighted by Crippen LogP contribution is 2.40. The summed E-state index contributed by atoms with van der Waals surface area (Å²) in [6, 6.07) is 4.40. The molecular formula is C17H21ClFNO. The summed E-state index contributed by atoms with van der Waals surface area (Å²) in [5, 5.41) is 0.336. The van der Waals surface area contributed by atoms with Crippen LogP contribution in [-0.2, 0) is 0 Å². The fourth-order valence-corrected chi connectivity index (χ4v) is 4.05. The maximum absolute atomic E-state index is 14.2. The van der Waals surface area contributed by atoms with E-state index in [-0.39, 0.29) is 11.3 Å². The number of halogens is 2. The minimum atomic E-state index is -0.490. The van der Waals surface area contributed by atoms with Crippen LogP contribution in [0.2, 0.25) is 5.02 Å². The molecule has 1 aliphatic heterocycles. The van der Waals surface area contributed by atoms with Crippen LogP contribution in [0.15, 0.2) is 18.2 Å². The van der Waals surface area contributed by atoms with Crippen LogP contribution >= 0.6 is 11.6 Å². The van der Waals surface area contributed by atoms with Gasteiger partial charge >= 0.3 is 0 Å².